The van der Waals surface area contributed by atoms with Crippen molar-refractivity contribution in [1.29, 1.82) is 0 Å². The number of allylic oxidation sites excluding steroid dienone is 6. The van der Waals surface area contributed by atoms with Crippen molar-refractivity contribution in [2.45, 2.75) is 91.9 Å². The van der Waals surface area contributed by atoms with Gasteiger partial charge in [-0.2, -0.15) is 0 Å². The first-order valence-corrected chi connectivity index (χ1v) is 9.01. The second kappa shape index (κ2) is 14.2. The highest BCUT2D eigenvalue weighted by Crippen LogP contribution is 2.22. The fourth-order valence-corrected chi connectivity index (χ4v) is 2.27. The summed E-state index contributed by atoms with van der Waals surface area (Å²) < 4.78 is 0. The Bertz CT molecular complexity index is 286. The van der Waals surface area contributed by atoms with Gasteiger partial charge in [-0.3, -0.25) is 0 Å². The smallest absolute Gasteiger partial charge is 0.0169 e. The van der Waals surface area contributed by atoms with Crippen molar-refractivity contribution in [2.24, 2.45) is 5.41 Å². The normalized spacial score (nSPS) is 13.1. The Morgan fingerprint density at radius 3 is 1.76 bits per heavy atom. The summed E-state index contributed by atoms with van der Waals surface area (Å²) in [6.07, 6.45) is 26.5. The summed E-state index contributed by atoms with van der Waals surface area (Å²) >= 11 is 0. The molecule has 0 radical (unpaired) electrons. The van der Waals surface area contributed by atoms with Gasteiger partial charge in [0, 0.05) is 0 Å². The molecule has 0 aromatic rings. The number of hydrogen-bond acceptors (Lipinski definition) is 0. The summed E-state index contributed by atoms with van der Waals surface area (Å²) in [6, 6.07) is 0. The molecule has 0 fully saturated rings. The lowest BCUT2D eigenvalue weighted by Crippen LogP contribution is -2.03. The first-order chi connectivity index (χ1) is 10.1. The van der Waals surface area contributed by atoms with Gasteiger partial charge in [0.2, 0.25) is 0 Å². The van der Waals surface area contributed by atoms with Crippen LogP contribution in [-0.2, 0) is 0 Å². The van der Waals surface area contributed by atoms with E-state index < -0.39 is 0 Å². The van der Waals surface area contributed by atoms with E-state index in [1.807, 2.05) is 0 Å². The van der Waals surface area contributed by atoms with Crippen molar-refractivity contribution in [1.82, 2.24) is 0 Å². The van der Waals surface area contributed by atoms with Crippen molar-refractivity contribution >= 4 is 0 Å². The Labute approximate surface area is 134 Å². The number of rotatable bonds is 12. The van der Waals surface area contributed by atoms with E-state index in [0.717, 1.165) is 19.3 Å². The summed E-state index contributed by atoms with van der Waals surface area (Å²) in [7, 11) is 0. The first kappa shape index (κ1) is 20.2. The van der Waals surface area contributed by atoms with E-state index in [1.54, 1.807) is 0 Å². The molecule has 0 heteroatoms. The van der Waals surface area contributed by atoms with E-state index in [9.17, 15) is 0 Å². The molecule has 122 valence electrons. The summed E-state index contributed by atoms with van der Waals surface area (Å²) in [5, 5.41) is 0. The van der Waals surface area contributed by atoms with E-state index in [2.05, 4.69) is 64.2 Å². The standard InChI is InChI=1S/C21H38/c1-5-6-7-8-9-10-11-12-13-14-15-16-17-18-19-20-21(2,3)4/h6-7,9-10,12-13H,5,8,11,14-20H2,1-4H3/b7-6+,10-9+,13-12+. The number of unbranched alkanes of at least 4 members (excludes halogenated alkanes) is 5. The Morgan fingerprint density at radius 1 is 0.619 bits per heavy atom. The second-order valence-corrected chi connectivity index (χ2v) is 7.16. The minimum absolute atomic E-state index is 0.516. The van der Waals surface area contributed by atoms with Crippen molar-refractivity contribution in [3.05, 3.63) is 36.5 Å². The quantitative estimate of drug-likeness (QED) is 0.256. The van der Waals surface area contributed by atoms with Crippen LogP contribution in [0.15, 0.2) is 36.5 Å². The molecular formula is C21H38. The third kappa shape index (κ3) is 19.2. The minimum Gasteiger partial charge on any atom is -0.0885 e. The molecule has 0 amide bonds. The van der Waals surface area contributed by atoms with Gasteiger partial charge >= 0.3 is 0 Å². The van der Waals surface area contributed by atoms with Gasteiger partial charge in [0.15, 0.2) is 0 Å². The van der Waals surface area contributed by atoms with Gasteiger partial charge in [0.1, 0.15) is 0 Å². The maximum atomic E-state index is 2.35. The summed E-state index contributed by atoms with van der Waals surface area (Å²) in [5.41, 5.74) is 0.516. The molecule has 0 saturated carbocycles. The van der Waals surface area contributed by atoms with E-state index in [0.29, 0.717) is 5.41 Å². The maximum Gasteiger partial charge on any atom is -0.0169 e. The molecule has 0 unspecified atom stereocenters. The van der Waals surface area contributed by atoms with Crippen LogP contribution in [0.4, 0.5) is 0 Å². The van der Waals surface area contributed by atoms with Crippen molar-refractivity contribution in [2.75, 3.05) is 0 Å². The second-order valence-electron chi connectivity index (χ2n) is 7.16. The van der Waals surface area contributed by atoms with Gasteiger partial charge < -0.3 is 0 Å². The monoisotopic (exact) mass is 290 g/mol. The lowest BCUT2D eigenvalue weighted by atomic mass is 9.89. The average Bonchev–Trinajstić information content (AvgIpc) is 2.42. The Hall–Kier alpha value is -0.780. The topological polar surface area (TPSA) is 0 Å². The first-order valence-electron chi connectivity index (χ1n) is 9.01. The molecule has 0 rings (SSSR count). The highest BCUT2D eigenvalue weighted by atomic mass is 14.1. The third-order valence-electron chi connectivity index (χ3n) is 3.58. The van der Waals surface area contributed by atoms with E-state index >= 15 is 0 Å². The van der Waals surface area contributed by atoms with Crippen LogP contribution in [0.25, 0.3) is 0 Å². The van der Waals surface area contributed by atoms with Gasteiger partial charge in [-0.1, -0.05) is 89.8 Å². The van der Waals surface area contributed by atoms with Crippen molar-refractivity contribution in [3.8, 4) is 0 Å². The van der Waals surface area contributed by atoms with Crippen molar-refractivity contribution in [3.63, 3.8) is 0 Å². The van der Waals surface area contributed by atoms with Crippen molar-refractivity contribution < 1.29 is 0 Å². The molecule has 0 aromatic carbocycles. The molecule has 0 aliphatic rings. The molecule has 0 spiro atoms. The minimum atomic E-state index is 0.516. The Morgan fingerprint density at radius 2 is 1.14 bits per heavy atom. The van der Waals surface area contributed by atoms with Crippen LogP contribution in [0.3, 0.4) is 0 Å². The van der Waals surface area contributed by atoms with Gasteiger partial charge in [-0.05, 0) is 43.9 Å². The van der Waals surface area contributed by atoms with Crippen LogP contribution in [0.1, 0.15) is 91.9 Å². The molecular weight excluding hydrogens is 252 g/mol. The highest BCUT2D eigenvalue weighted by molar-refractivity contribution is 4.96. The molecule has 0 aliphatic carbocycles. The lowest BCUT2D eigenvalue weighted by Gasteiger charge is -2.17. The molecule has 21 heavy (non-hydrogen) atoms. The van der Waals surface area contributed by atoms with Crippen LogP contribution < -0.4 is 0 Å². The molecule has 0 bridgehead atoms. The van der Waals surface area contributed by atoms with E-state index in [-0.39, 0.29) is 0 Å². The zero-order valence-corrected chi connectivity index (χ0v) is 15.0. The average molecular weight is 291 g/mol. The summed E-state index contributed by atoms with van der Waals surface area (Å²) in [5.74, 6) is 0. The number of hydrogen-bond donors (Lipinski definition) is 0. The van der Waals surface area contributed by atoms with Crippen LogP contribution in [0, 0.1) is 5.41 Å². The molecule has 0 nitrogen and oxygen atoms in total. The largest absolute Gasteiger partial charge is 0.0885 e. The van der Waals surface area contributed by atoms with Gasteiger partial charge in [0.05, 0.1) is 0 Å². The molecule has 0 heterocycles. The zero-order valence-electron chi connectivity index (χ0n) is 15.0. The predicted octanol–water partition coefficient (Wildman–Crippen LogP) is 7.62. The van der Waals surface area contributed by atoms with Crippen LogP contribution >= 0.6 is 0 Å². The fourth-order valence-electron chi connectivity index (χ4n) is 2.27. The molecule has 0 atom stereocenters. The predicted molar refractivity (Wildman–Crippen MR) is 98.7 cm³/mol. The molecule has 0 saturated heterocycles. The molecule has 0 N–H and O–H groups in total. The van der Waals surface area contributed by atoms with Crippen LogP contribution in [-0.4, -0.2) is 0 Å². The van der Waals surface area contributed by atoms with E-state index in [1.165, 1.54) is 44.9 Å². The Kier molecular flexibility index (Phi) is 13.6. The Balaban J connectivity index is 3.27. The fraction of sp³-hybridized carbons (Fsp3) is 0.714. The third-order valence-corrected chi connectivity index (χ3v) is 3.58. The lowest BCUT2D eigenvalue weighted by molar-refractivity contribution is 0.356. The SMILES string of the molecule is CC/C=C/C/C=C/C/C=C/CCCCCCCC(C)(C)C. The van der Waals surface area contributed by atoms with E-state index in [4.69, 9.17) is 0 Å². The maximum absolute atomic E-state index is 2.35. The highest BCUT2D eigenvalue weighted by Gasteiger charge is 2.08. The van der Waals surface area contributed by atoms with Gasteiger partial charge in [-0.25, -0.2) is 0 Å². The molecule has 0 aromatic heterocycles. The van der Waals surface area contributed by atoms with Gasteiger partial charge in [0.25, 0.3) is 0 Å². The zero-order chi connectivity index (χ0) is 15.8. The summed E-state index contributed by atoms with van der Waals surface area (Å²) in [4.78, 5) is 0. The van der Waals surface area contributed by atoms with Crippen LogP contribution in [0.5, 0.6) is 0 Å². The van der Waals surface area contributed by atoms with Crippen LogP contribution in [0.2, 0.25) is 0 Å². The van der Waals surface area contributed by atoms with Gasteiger partial charge in [-0.15, -0.1) is 0 Å². The molecule has 0 aliphatic heterocycles. The summed E-state index contributed by atoms with van der Waals surface area (Å²) in [6.45, 7) is 9.19.